The fourth-order valence-electron chi connectivity index (χ4n) is 3.51. The van der Waals surface area contributed by atoms with Crippen LogP contribution in [0.25, 0.3) is 27.9 Å². The van der Waals surface area contributed by atoms with Crippen LogP contribution in [0.1, 0.15) is 43.0 Å². The van der Waals surface area contributed by atoms with E-state index in [1.165, 1.54) is 0 Å². The van der Waals surface area contributed by atoms with Crippen LogP contribution in [-0.2, 0) is 4.74 Å². The molecule has 0 amide bonds. The smallest absolute Gasteiger partial charge is 0.344 e. The molecule has 2 aromatic heterocycles. The molecule has 0 unspecified atom stereocenters. The third-order valence-electron chi connectivity index (χ3n) is 5.00. The molecule has 7 heteroatoms. The van der Waals surface area contributed by atoms with Gasteiger partial charge in [-0.25, -0.2) is 14.8 Å². The number of nitrogens with zero attached hydrogens (tertiary/aromatic N) is 3. The molecule has 0 bridgehead atoms. The molecule has 0 aliphatic rings. The Hall–Kier alpha value is -3.12. The topological polar surface area (TPSA) is 83.0 Å². The third kappa shape index (κ3) is 3.83. The molecule has 0 aliphatic heterocycles. The monoisotopic (exact) mass is 422 g/mol. The quantitative estimate of drug-likeness (QED) is 0.312. The number of nitrogen functional groups attached to an aromatic ring is 1. The average molecular weight is 423 g/mol. The summed E-state index contributed by atoms with van der Waals surface area (Å²) in [4.78, 5) is 22.4. The lowest BCUT2D eigenvalue weighted by Crippen LogP contribution is -2.10. The Morgan fingerprint density at radius 2 is 1.83 bits per heavy atom. The van der Waals surface area contributed by atoms with Crippen molar-refractivity contribution < 1.29 is 9.53 Å². The Labute approximate surface area is 179 Å². The molecule has 0 aliphatic carbocycles. The summed E-state index contributed by atoms with van der Waals surface area (Å²) in [6, 6.07) is 14.7. The minimum atomic E-state index is -0.487. The number of para-hydroxylation sites is 2. The average Bonchev–Trinajstić information content (AvgIpc) is 3.02. The largest absolute Gasteiger partial charge is 0.462 e. The van der Waals surface area contributed by atoms with Crippen LogP contribution in [0, 0.1) is 0 Å². The van der Waals surface area contributed by atoms with Gasteiger partial charge in [0.1, 0.15) is 16.9 Å². The highest BCUT2D eigenvalue weighted by Gasteiger charge is 2.26. The number of nitrogens with two attached hydrogens (primary N) is 1. The van der Waals surface area contributed by atoms with Crippen molar-refractivity contribution in [2.75, 3.05) is 12.3 Å². The van der Waals surface area contributed by atoms with Crippen LogP contribution in [-0.4, -0.2) is 27.1 Å². The molecule has 0 saturated heterocycles. The second kappa shape index (κ2) is 8.71. The number of hydrogen-bond donors (Lipinski definition) is 1. The van der Waals surface area contributed by atoms with E-state index in [0.29, 0.717) is 39.5 Å². The van der Waals surface area contributed by atoms with Crippen molar-refractivity contribution in [1.29, 1.82) is 0 Å². The summed E-state index contributed by atoms with van der Waals surface area (Å²) in [6.45, 7) is 2.49. The summed E-state index contributed by atoms with van der Waals surface area (Å²) in [6.07, 6.45) is 4.08. The van der Waals surface area contributed by atoms with E-state index in [-0.39, 0.29) is 11.4 Å². The van der Waals surface area contributed by atoms with E-state index in [2.05, 4.69) is 11.9 Å². The maximum Gasteiger partial charge on any atom is 0.344 e. The fraction of sp³-hybridized carbons (Fsp3) is 0.261. The Balaban J connectivity index is 1.84. The first-order valence-corrected chi connectivity index (χ1v) is 10.5. The van der Waals surface area contributed by atoms with Crippen molar-refractivity contribution in [1.82, 2.24) is 14.5 Å². The molecule has 4 aromatic rings. The summed E-state index contributed by atoms with van der Waals surface area (Å²) < 4.78 is 7.23. The molecule has 0 radical (unpaired) electrons. The molecule has 0 spiro atoms. The lowest BCUT2D eigenvalue weighted by Gasteiger charge is -2.08. The van der Waals surface area contributed by atoms with Gasteiger partial charge in [-0.1, -0.05) is 56.0 Å². The van der Waals surface area contributed by atoms with Crippen molar-refractivity contribution in [3.8, 4) is 5.69 Å². The van der Waals surface area contributed by atoms with Crippen molar-refractivity contribution in [2.24, 2.45) is 0 Å². The van der Waals surface area contributed by atoms with Gasteiger partial charge in [-0.15, -0.1) is 0 Å². The van der Waals surface area contributed by atoms with Crippen LogP contribution in [0.5, 0.6) is 0 Å². The molecular weight excluding hydrogens is 400 g/mol. The second-order valence-electron chi connectivity index (χ2n) is 7.16. The van der Waals surface area contributed by atoms with Gasteiger partial charge in [0.2, 0.25) is 0 Å². The fourth-order valence-corrected chi connectivity index (χ4v) is 3.69. The number of rotatable bonds is 7. The first-order chi connectivity index (χ1) is 14.6. The standard InChI is InChI=1S/C23H23ClN4O2/c1-2-3-4-7-13-30-23(29)19-20-22(27-18-12-6-5-11-17(18)26-20)28(21(19)25)16-10-8-9-15(24)14-16/h5-6,8-12,14H,2-4,7,13,25H2,1H3. The summed E-state index contributed by atoms with van der Waals surface area (Å²) in [5.74, 6) is -0.250. The first kappa shape index (κ1) is 20.2. The van der Waals surface area contributed by atoms with Gasteiger partial charge in [0.05, 0.1) is 23.3 Å². The van der Waals surface area contributed by atoms with Gasteiger partial charge in [0.25, 0.3) is 0 Å². The molecule has 154 valence electrons. The number of benzene rings is 2. The maximum atomic E-state index is 13.0. The van der Waals surface area contributed by atoms with E-state index < -0.39 is 5.97 Å². The summed E-state index contributed by atoms with van der Waals surface area (Å²) in [5, 5.41) is 0.558. The normalized spacial score (nSPS) is 11.3. The van der Waals surface area contributed by atoms with Crippen molar-refractivity contribution in [3.05, 3.63) is 59.1 Å². The molecular formula is C23H23ClN4O2. The molecule has 30 heavy (non-hydrogen) atoms. The molecule has 0 atom stereocenters. The number of carbonyl (C=O) groups is 1. The molecule has 2 N–H and O–H groups in total. The molecule has 2 heterocycles. The zero-order chi connectivity index (χ0) is 21.1. The number of unbranched alkanes of at least 4 members (excludes halogenated alkanes) is 3. The molecule has 0 saturated carbocycles. The number of carbonyl (C=O) groups excluding carboxylic acids is 1. The van der Waals surface area contributed by atoms with Crippen LogP contribution in [0.4, 0.5) is 5.82 Å². The number of ether oxygens (including phenoxy) is 1. The number of aromatic nitrogens is 3. The van der Waals surface area contributed by atoms with Crippen molar-refractivity contribution in [2.45, 2.75) is 32.6 Å². The zero-order valence-electron chi connectivity index (χ0n) is 16.8. The molecule has 2 aromatic carbocycles. The highest BCUT2D eigenvalue weighted by atomic mass is 35.5. The highest BCUT2D eigenvalue weighted by Crippen LogP contribution is 2.32. The van der Waals surface area contributed by atoms with Crippen molar-refractivity contribution in [3.63, 3.8) is 0 Å². The molecule has 0 fully saturated rings. The van der Waals surface area contributed by atoms with Crippen LogP contribution >= 0.6 is 11.6 Å². The Morgan fingerprint density at radius 3 is 2.57 bits per heavy atom. The number of anilines is 1. The Kier molecular flexibility index (Phi) is 5.86. The maximum absolute atomic E-state index is 13.0. The van der Waals surface area contributed by atoms with Crippen molar-refractivity contribution >= 4 is 45.6 Å². The minimum Gasteiger partial charge on any atom is -0.462 e. The van der Waals surface area contributed by atoms with Gasteiger partial charge in [0, 0.05) is 5.02 Å². The van der Waals surface area contributed by atoms with Gasteiger partial charge in [-0.3, -0.25) is 4.57 Å². The zero-order valence-corrected chi connectivity index (χ0v) is 17.5. The van der Waals surface area contributed by atoms with Gasteiger partial charge in [0.15, 0.2) is 5.65 Å². The minimum absolute atomic E-state index is 0.235. The predicted molar refractivity (Wildman–Crippen MR) is 120 cm³/mol. The Morgan fingerprint density at radius 1 is 1.07 bits per heavy atom. The number of hydrogen-bond acceptors (Lipinski definition) is 5. The Bertz CT molecular complexity index is 1220. The lowest BCUT2D eigenvalue weighted by molar-refractivity contribution is 0.0501. The summed E-state index contributed by atoms with van der Waals surface area (Å²) >= 11 is 6.19. The van der Waals surface area contributed by atoms with Crippen LogP contribution in [0.3, 0.4) is 0 Å². The molecule has 6 nitrogen and oxygen atoms in total. The highest BCUT2D eigenvalue weighted by molar-refractivity contribution is 6.30. The van der Waals surface area contributed by atoms with E-state index in [0.717, 1.165) is 25.7 Å². The number of esters is 1. The lowest BCUT2D eigenvalue weighted by atomic mass is 10.2. The summed E-state index contributed by atoms with van der Waals surface area (Å²) in [7, 11) is 0. The van der Waals surface area contributed by atoms with E-state index in [1.54, 1.807) is 16.7 Å². The van der Waals surface area contributed by atoms with E-state index >= 15 is 0 Å². The first-order valence-electron chi connectivity index (χ1n) is 10.1. The van der Waals surface area contributed by atoms with E-state index in [1.807, 2.05) is 36.4 Å². The van der Waals surface area contributed by atoms with Crippen LogP contribution < -0.4 is 5.73 Å². The SMILES string of the molecule is CCCCCCOC(=O)c1c(N)n(-c2cccc(Cl)c2)c2nc3ccccc3nc12. The summed E-state index contributed by atoms with van der Waals surface area (Å²) in [5.41, 5.74) is 9.70. The van der Waals surface area contributed by atoms with Gasteiger partial charge < -0.3 is 10.5 Å². The van der Waals surface area contributed by atoms with Gasteiger partial charge >= 0.3 is 5.97 Å². The van der Waals surface area contributed by atoms with E-state index in [9.17, 15) is 4.79 Å². The third-order valence-corrected chi connectivity index (χ3v) is 5.23. The van der Waals surface area contributed by atoms with Crippen LogP contribution in [0.15, 0.2) is 48.5 Å². The van der Waals surface area contributed by atoms with Gasteiger partial charge in [-0.05, 0) is 36.8 Å². The molecule has 4 rings (SSSR count). The van der Waals surface area contributed by atoms with Crippen LogP contribution in [0.2, 0.25) is 5.02 Å². The number of fused-ring (bicyclic) bond motifs is 2. The number of halogens is 1. The second-order valence-corrected chi connectivity index (χ2v) is 7.59. The predicted octanol–water partition coefficient (Wildman–Crippen LogP) is 5.55. The van der Waals surface area contributed by atoms with E-state index in [4.69, 9.17) is 27.1 Å². The van der Waals surface area contributed by atoms with Gasteiger partial charge in [-0.2, -0.15) is 0 Å².